The third kappa shape index (κ3) is 6.80. The highest BCUT2D eigenvalue weighted by Gasteiger charge is 2.27. The lowest BCUT2D eigenvalue weighted by atomic mass is 11.2. The summed E-state index contributed by atoms with van der Waals surface area (Å²) in [5.41, 5.74) is 8.51. The van der Waals surface area contributed by atoms with E-state index in [-0.39, 0.29) is 12.5 Å². The van der Waals surface area contributed by atoms with E-state index >= 15 is 0 Å². The molecule has 0 saturated heterocycles. The van der Waals surface area contributed by atoms with Crippen molar-refractivity contribution in [3.8, 4) is 0 Å². The van der Waals surface area contributed by atoms with E-state index in [1.165, 1.54) is 0 Å². The van der Waals surface area contributed by atoms with Crippen molar-refractivity contribution in [2.24, 2.45) is 0 Å². The number of hydrogen-bond acceptors (Lipinski definition) is 4. The molecule has 0 amide bonds. The molecule has 4 nitrogen and oxygen atoms in total. The Bertz CT molecular complexity index is 291. The van der Waals surface area contributed by atoms with Gasteiger partial charge in [0.1, 0.15) is 8.07 Å². The molecule has 0 bridgehead atoms. The quantitative estimate of drug-likeness (QED) is 0.665. The Labute approximate surface area is 120 Å². The SMILES string of the molecule is CO[Si](C)(C=C[Si](C)(C)C=C[Si](C)(CO)CO)OC. The molecule has 0 aliphatic carbocycles. The van der Waals surface area contributed by atoms with E-state index in [1.54, 1.807) is 14.2 Å². The molecule has 112 valence electrons. The van der Waals surface area contributed by atoms with E-state index in [9.17, 15) is 10.2 Å². The lowest BCUT2D eigenvalue weighted by Gasteiger charge is -2.22. The van der Waals surface area contributed by atoms with Crippen molar-refractivity contribution in [3.05, 3.63) is 22.8 Å². The molecule has 7 heteroatoms. The number of aliphatic hydroxyl groups excluding tert-OH is 2. The lowest BCUT2D eigenvalue weighted by molar-refractivity contribution is 0.264. The van der Waals surface area contributed by atoms with Crippen LogP contribution in [0.2, 0.25) is 26.2 Å². The first-order valence-corrected chi connectivity index (χ1v) is 14.9. The van der Waals surface area contributed by atoms with Gasteiger partial charge in [-0.15, -0.1) is 0 Å². The van der Waals surface area contributed by atoms with Crippen LogP contribution in [0.5, 0.6) is 0 Å². The van der Waals surface area contributed by atoms with Crippen LogP contribution >= 0.6 is 0 Å². The molecule has 0 radical (unpaired) electrons. The summed E-state index contributed by atoms with van der Waals surface area (Å²) in [6.07, 6.45) is 0.160. The molecule has 0 saturated carbocycles. The predicted molar refractivity (Wildman–Crippen MR) is 87.2 cm³/mol. The highest BCUT2D eigenvalue weighted by atomic mass is 28.4. The van der Waals surface area contributed by atoms with Crippen molar-refractivity contribution >= 4 is 24.7 Å². The Morgan fingerprint density at radius 3 is 1.58 bits per heavy atom. The monoisotopic (exact) mass is 320 g/mol. The fourth-order valence-corrected chi connectivity index (χ4v) is 8.33. The number of hydrogen-bond donors (Lipinski definition) is 2. The molecule has 0 aromatic carbocycles. The summed E-state index contributed by atoms with van der Waals surface area (Å²) in [4.78, 5) is 0. The molecule has 0 spiro atoms. The summed E-state index contributed by atoms with van der Waals surface area (Å²) < 4.78 is 10.9. The minimum atomic E-state index is -2.17. The van der Waals surface area contributed by atoms with Crippen molar-refractivity contribution < 1.29 is 19.1 Å². The molecule has 0 rings (SSSR count). The highest BCUT2D eigenvalue weighted by Crippen LogP contribution is 2.14. The first-order chi connectivity index (χ1) is 8.66. The molecule has 0 atom stereocenters. The fraction of sp³-hybridized carbons (Fsp3) is 0.667. The van der Waals surface area contributed by atoms with Gasteiger partial charge in [-0.05, 0) is 6.55 Å². The van der Waals surface area contributed by atoms with Crippen LogP contribution in [0.3, 0.4) is 0 Å². The Morgan fingerprint density at radius 1 is 0.789 bits per heavy atom. The van der Waals surface area contributed by atoms with Gasteiger partial charge < -0.3 is 19.1 Å². The van der Waals surface area contributed by atoms with E-state index in [1.807, 2.05) is 13.1 Å². The van der Waals surface area contributed by atoms with Crippen molar-refractivity contribution in [2.75, 3.05) is 26.7 Å². The van der Waals surface area contributed by atoms with E-state index < -0.39 is 24.7 Å². The molecule has 0 aliphatic rings. The minimum absolute atomic E-state index is 0.0802. The van der Waals surface area contributed by atoms with Gasteiger partial charge in [-0.3, -0.25) is 0 Å². The number of aliphatic hydroxyl groups is 2. The molecule has 0 unspecified atom stereocenters. The molecule has 2 N–H and O–H groups in total. The molecular weight excluding hydrogens is 292 g/mol. The third-order valence-electron chi connectivity index (χ3n) is 3.26. The summed E-state index contributed by atoms with van der Waals surface area (Å²) in [5.74, 6) is 0. The van der Waals surface area contributed by atoms with E-state index in [0.29, 0.717) is 0 Å². The second-order valence-corrected chi connectivity index (χ2v) is 17.6. The summed E-state index contributed by atoms with van der Waals surface area (Å²) in [7, 11) is -2.50. The van der Waals surface area contributed by atoms with Gasteiger partial charge in [0.25, 0.3) is 0 Å². The Kier molecular flexibility index (Phi) is 7.66. The zero-order valence-corrected chi connectivity index (χ0v) is 15.9. The molecule has 19 heavy (non-hydrogen) atoms. The number of rotatable bonds is 8. The van der Waals surface area contributed by atoms with Crippen molar-refractivity contribution in [1.29, 1.82) is 0 Å². The molecule has 0 aromatic rings. The second-order valence-electron chi connectivity index (χ2n) is 5.88. The van der Waals surface area contributed by atoms with Crippen LogP contribution in [0.25, 0.3) is 0 Å². The van der Waals surface area contributed by atoms with Gasteiger partial charge in [-0.1, -0.05) is 42.4 Å². The van der Waals surface area contributed by atoms with Crippen molar-refractivity contribution in [2.45, 2.75) is 26.2 Å². The van der Waals surface area contributed by atoms with Crippen LogP contribution in [0.4, 0.5) is 0 Å². The van der Waals surface area contributed by atoms with Crippen molar-refractivity contribution in [3.63, 3.8) is 0 Å². The predicted octanol–water partition coefficient (Wildman–Crippen LogP) is 1.47. The third-order valence-corrected chi connectivity index (χ3v) is 10.8. The molecular formula is C12H28O4Si3. The summed E-state index contributed by atoms with van der Waals surface area (Å²) in [6, 6.07) is 0. The fourth-order valence-electron chi connectivity index (χ4n) is 1.21. The zero-order valence-electron chi connectivity index (χ0n) is 12.9. The first kappa shape index (κ1) is 19.0. The summed E-state index contributed by atoms with van der Waals surface area (Å²) in [5, 5.41) is 18.7. The highest BCUT2D eigenvalue weighted by molar-refractivity contribution is 6.91. The van der Waals surface area contributed by atoms with Gasteiger partial charge in [0.15, 0.2) is 0 Å². The standard InChI is InChI=1S/C12H28O4Si3/c1-15-19(6,16-2)10-8-17(3,4)7-9-18(5,11-13)12-14/h7-10,13-14H,11-12H2,1-6H3. The maximum absolute atomic E-state index is 9.33. The minimum Gasteiger partial charge on any atom is -0.399 e. The van der Waals surface area contributed by atoms with Crippen LogP contribution in [0, 0.1) is 0 Å². The lowest BCUT2D eigenvalue weighted by Crippen LogP contribution is -2.40. The van der Waals surface area contributed by atoms with Crippen LogP contribution in [0.15, 0.2) is 22.8 Å². The van der Waals surface area contributed by atoms with E-state index in [0.717, 1.165) is 0 Å². The zero-order chi connectivity index (χ0) is 15.2. The van der Waals surface area contributed by atoms with Gasteiger partial charge in [-0.2, -0.15) is 0 Å². The van der Waals surface area contributed by atoms with E-state index in [2.05, 4.69) is 35.9 Å². The smallest absolute Gasteiger partial charge is 0.360 e. The molecule has 0 aromatic heterocycles. The maximum Gasteiger partial charge on any atom is 0.360 e. The van der Waals surface area contributed by atoms with Gasteiger partial charge in [0.2, 0.25) is 0 Å². The van der Waals surface area contributed by atoms with Crippen LogP contribution in [-0.4, -0.2) is 61.6 Å². The molecule has 0 aliphatic heterocycles. The van der Waals surface area contributed by atoms with Crippen LogP contribution in [-0.2, 0) is 8.85 Å². The van der Waals surface area contributed by atoms with Gasteiger partial charge >= 0.3 is 8.56 Å². The van der Waals surface area contributed by atoms with Gasteiger partial charge in [0.05, 0.1) is 8.07 Å². The Morgan fingerprint density at radius 2 is 1.21 bits per heavy atom. The molecule has 0 fully saturated rings. The largest absolute Gasteiger partial charge is 0.399 e. The average Bonchev–Trinajstić information content (AvgIpc) is 2.42. The summed E-state index contributed by atoms with van der Waals surface area (Å²) >= 11 is 0. The normalized spacial score (nSPS) is 14.7. The average molecular weight is 321 g/mol. The molecule has 0 heterocycles. The second kappa shape index (κ2) is 7.67. The van der Waals surface area contributed by atoms with Crippen LogP contribution in [0.1, 0.15) is 0 Å². The first-order valence-electron chi connectivity index (χ1n) is 6.39. The van der Waals surface area contributed by atoms with Gasteiger partial charge in [0, 0.05) is 26.7 Å². The van der Waals surface area contributed by atoms with Crippen LogP contribution < -0.4 is 0 Å². The summed E-state index contributed by atoms with van der Waals surface area (Å²) in [6.45, 7) is 8.40. The van der Waals surface area contributed by atoms with Gasteiger partial charge in [-0.25, -0.2) is 0 Å². The maximum atomic E-state index is 9.33. The Hall–Kier alpha value is -0.0294. The van der Waals surface area contributed by atoms with E-state index in [4.69, 9.17) is 8.85 Å². The Balaban J connectivity index is 4.90. The van der Waals surface area contributed by atoms with Crippen molar-refractivity contribution in [1.82, 2.24) is 0 Å². The topological polar surface area (TPSA) is 58.9 Å².